The first-order valence-corrected chi connectivity index (χ1v) is 2.93. The fourth-order valence-corrected chi connectivity index (χ4v) is 0.627. The number of hydrogen-bond donors (Lipinski definition) is 1. The van der Waals surface area contributed by atoms with E-state index in [-0.39, 0.29) is 12.4 Å². The van der Waals surface area contributed by atoms with Crippen molar-refractivity contribution in [2.24, 2.45) is 0 Å². The van der Waals surface area contributed by atoms with Gasteiger partial charge in [0.15, 0.2) is 0 Å². The highest BCUT2D eigenvalue weighted by atomic mass is 16.6. The largest absolute Gasteiger partial charge is 0.481 e. The second-order valence-electron chi connectivity index (χ2n) is 1.91. The molecule has 5 heteroatoms. The summed E-state index contributed by atoms with van der Waals surface area (Å²) in [6.07, 6.45) is -0.146. The second-order valence-corrected chi connectivity index (χ2v) is 1.91. The molecule has 1 aromatic rings. The third-order valence-electron chi connectivity index (χ3n) is 1.07. The maximum atomic E-state index is 10.1. The summed E-state index contributed by atoms with van der Waals surface area (Å²) in [5, 5.41) is 11.8. The van der Waals surface area contributed by atoms with Crippen LogP contribution in [0.25, 0.3) is 0 Å². The van der Waals surface area contributed by atoms with Crippen LogP contribution in [0.15, 0.2) is 10.6 Å². The van der Waals surface area contributed by atoms with Crippen molar-refractivity contribution < 1.29 is 19.2 Å². The summed E-state index contributed by atoms with van der Waals surface area (Å²) in [5.41, 5.74) is 0.356. The average molecular weight is 157 g/mol. The molecule has 1 N–H and O–H groups in total. The van der Waals surface area contributed by atoms with Gasteiger partial charge in [0, 0.05) is 6.07 Å². The smallest absolute Gasteiger partial charge is 0.311 e. The molecule has 0 aromatic carbocycles. The first kappa shape index (κ1) is 7.59. The number of rotatable bonds is 3. The first-order valence-electron chi connectivity index (χ1n) is 2.93. The van der Waals surface area contributed by atoms with Crippen LogP contribution < -0.4 is 4.74 Å². The number of carboxylic acids is 1. The van der Waals surface area contributed by atoms with Crippen LogP contribution >= 0.6 is 0 Å². The molecule has 5 nitrogen and oxygen atoms in total. The third-order valence-corrected chi connectivity index (χ3v) is 1.07. The van der Waals surface area contributed by atoms with Crippen LogP contribution in [0.4, 0.5) is 0 Å². The molecule has 60 valence electrons. The van der Waals surface area contributed by atoms with Gasteiger partial charge in [-0.1, -0.05) is 5.16 Å². The van der Waals surface area contributed by atoms with E-state index in [1.807, 2.05) is 0 Å². The summed E-state index contributed by atoms with van der Waals surface area (Å²) in [5.74, 6) is -0.720. The monoisotopic (exact) mass is 157 g/mol. The van der Waals surface area contributed by atoms with E-state index in [0.717, 1.165) is 0 Å². The van der Waals surface area contributed by atoms with Gasteiger partial charge in [-0.15, -0.1) is 0 Å². The number of carbonyl (C=O) groups is 1. The summed E-state index contributed by atoms with van der Waals surface area (Å²) in [7, 11) is 1.42. The van der Waals surface area contributed by atoms with Crippen LogP contribution in [0.3, 0.4) is 0 Å². The maximum Gasteiger partial charge on any atom is 0.311 e. The fraction of sp³-hybridized carbons (Fsp3) is 0.333. The molecule has 0 spiro atoms. The maximum absolute atomic E-state index is 10.1. The van der Waals surface area contributed by atoms with E-state index in [4.69, 9.17) is 5.11 Å². The normalized spacial score (nSPS) is 9.55. The minimum absolute atomic E-state index is 0.146. The lowest BCUT2D eigenvalue weighted by Gasteiger charge is -1.84. The fourth-order valence-electron chi connectivity index (χ4n) is 0.627. The van der Waals surface area contributed by atoms with Crippen molar-refractivity contribution in [1.82, 2.24) is 5.16 Å². The molecule has 0 aliphatic heterocycles. The Morgan fingerprint density at radius 2 is 2.64 bits per heavy atom. The summed E-state index contributed by atoms with van der Waals surface area (Å²) in [6.45, 7) is 0. The van der Waals surface area contributed by atoms with E-state index in [0.29, 0.717) is 5.69 Å². The Morgan fingerprint density at radius 1 is 1.91 bits per heavy atom. The highest BCUT2D eigenvalue weighted by Gasteiger charge is 2.06. The number of carboxylic acid groups (broad SMARTS) is 1. The lowest BCUT2D eigenvalue weighted by atomic mass is 10.3. The van der Waals surface area contributed by atoms with E-state index >= 15 is 0 Å². The van der Waals surface area contributed by atoms with Crippen molar-refractivity contribution in [3.63, 3.8) is 0 Å². The number of methoxy groups -OCH3 is 1. The Balaban J connectivity index is 2.65. The number of aliphatic carboxylic acids is 1. The van der Waals surface area contributed by atoms with Crippen molar-refractivity contribution in [1.29, 1.82) is 0 Å². The average Bonchev–Trinajstić information content (AvgIpc) is 2.34. The Kier molecular flexibility index (Phi) is 2.10. The van der Waals surface area contributed by atoms with Crippen LogP contribution in [0.5, 0.6) is 5.95 Å². The molecule has 0 saturated heterocycles. The molecule has 11 heavy (non-hydrogen) atoms. The minimum Gasteiger partial charge on any atom is -0.481 e. The van der Waals surface area contributed by atoms with Gasteiger partial charge in [0.25, 0.3) is 0 Å². The quantitative estimate of drug-likeness (QED) is 0.683. The van der Waals surface area contributed by atoms with E-state index in [1.165, 1.54) is 13.2 Å². The second kappa shape index (κ2) is 3.05. The lowest BCUT2D eigenvalue weighted by molar-refractivity contribution is -0.136. The van der Waals surface area contributed by atoms with Crippen molar-refractivity contribution in [2.75, 3.05) is 7.11 Å². The predicted molar refractivity (Wildman–Crippen MR) is 34.4 cm³/mol. The SMILES string of the molecule is COc1cc(CC(=O)O)no1. The van der Waals surface area contributed by atoms with E-state index < -0.39 is 5.97 Å². The zero-order valence-electron chi connectivity index (χ0n) is 5.90. The number of aromatic nitrogens is 1. The van der Waals surface area contributed by atoms with Crippen molar-refractivity contribution in [3.05, 3.63) is 11.8 Å². The van der Waals surface area contributed by atoms with Crippen molar-refractivity contribution in [2.45, 2.75) is 6.42 Å². The van der Waals surface area contributed by atoms with Crippen molar-refractivity contribution in [3.8, 4) is 5.95 Å². The Labute approximate surface area is 62.6 Å². The molecule has 1 heterocycles. The Morgan fingerprint density at radius 3 is 3.09 bits per heavy atom. The molecule has 0 radical (unpaired) electrons. The predicted octanol–water partition coefficient (Wildman–Crippen LogP) is 0.310. The molecule has 0 saturated carbocycles. The molecule has 0 amide bonds. The van der Waals surface area contributed by atoms with Gasteiger partial charge in [-0.2, -0.15) is 0 Å². The van der Waals surface area contributed by atoms with E-state index in [2.05, 4.69) is 14.4 Å². The van der Waals surface area contributed by atoms with E-state index in [9.17, 15) is 4.79 Å². The summed E-state index contributed by atoms with van der Waals surface area (Å²) in [6, 6.07) is 1.44. The topological polar surface area (TPSA) is 72.6 Å². The number of nitrogens with zero attached hydrogens (tertiary/aromatic N) is 1. The molecule has 0 fully saturated rings. The Hall–Kier alpha value is -1.52. The lowest BCUT2D eigenvalue weighted by Crippen LogP contribution is -1.99. The van der Waals surface area contributed by atoms with Gasteiger partial charge in [-0.05, 0) is 0 Å². The molecule has 1 aromatic heterocycles. The van der Waals surface area contributed by atoms with Crippen molar-refractivity contribution >= 4 is 5.97 Å². The molecule has 0 atom stereocenters. The number of hydrogen-bond acceptors (Lipinski definition) is 4. The highest BCUT2D eigenvalue weighted by Crippen LogP contribution is 2.11. The van der Waals surface area contributed by atoms with Crippen LogP contribution in [0.2, 0.25) is 0 Å². The zero-order chi connectivity index (χ0) is 8.27. The molecule has 0 unspecified atom stereocenters. The zero-order valence-corrected chi connectivity index (χ0v) is 5.90. The van der Waals surface area contributed by atoms with E-state index in [1.54, 1.807) is 0 Å². The third kappa shape index (κ3) is 1.96. The molecular formula is C6H7NO4. The standard InChI is InChI=1S/C6H7NO4/c1-10-6-3-4(7-11-6)2-5(8)9/h3H,2H2,1H3,(H,8,9). The first-order chi connectivity index (χ1) is 5.22. The van der Waals surface area contributed by atoms with Gasteiger partial charge < -0.3 is 14.4 Å². The highest BCUT2D eigenvalue weighted by molar-refractivity contribution is 5.69. The molecular weight excluding hydrogens is 150 g/mol. The van der Waals surface area contributed by atoms with Gasteiger partial charge in [0.2, 0.25) is 0 Å². The summed E-state index contributed by atoms with van der Waals surface area (Å²) in [4.78, 5) is 10.1. The van der Waals surface area contributed by atoms with Gasteiger partial charge in [-0.3, -0.25) is 4.79 Å². The van der Waals surface area contributed by atoms with Crippen LogP contribution in [0, 0.1) is 0 Å². The number of ether oxygens (including phenoxy) is 1. The summed E-state index contributed by atoms with van der Waals surface area (Å²) >= 11 is 0. The minimum atomic E-state index is -0.944. The molecule has 1 rings (SSSR count). The van der Waals surface area contributed by atoms with Crippen LogP contribution in [-0.4, -0.2) is 23.3 Å². The molecule has 0 aliphatic carbocycles. The van der Waals surface area contributed by atoms with Crippen LogP contribution in [0.1, 0.15) is 5.69 Å². The Bertz CT molecular complexity index is 255. The van der Waals surface area contributed by atoms with Gasteiger partial charge in [0.1, 0.15) is 0 Å². The van der Waals surface area contributed by atoms with Gasteiger partial charge in [0.05, 0.1) is 19.2 Å². The molecule has 0 aliphatic rings. The van der Waals surface area contributed by atoms with Gasteiger partial charge >= 0.3 is 11.9 Å². The molecule has 0 bridgehead atoms. The van der Waals surface area contributed by atoms with Gasteiger partial charge in [-0.25, -0.2) is 0 Å². The summed E-state index contributed by atoms with van der Waals surface area (Å²) < 4.78 is 9.23. The van der Waals surface area contributed by atoms with Crippen LogP contribution in [-0.2, 0) is 11.2 Å².